The second kappa shape index (κ2) is 7.51. The van der Waals surface area contributed by atoms with Crippen LogP contribution in [-0.2, 0) is 4.79 Å². The summed E-state index contributed by atoms with van der Waals surface area (Å²) in [5, 5.41) is 9.55. The molecule has 4 rings (SSSR count). The van der Waals surface area contributed by atoms with Crippen LogP contribution >= 0.6 is 11.3 Å². The van der Waals surface area contributed by atoms with E-state index < -0.39 is 0 Å². The molecule has 3 N–H and O–H groups in total. The Morgan fingerprint density at radius 1 is 1.22 bits per heavy atom. The first-order chi connectivity index (χ1) is 13.2. The third-order valence-corrected chi connectivity index (χ3v) is 4.90. The number of nitrogens with one attached hydrogen (secondary N) is 3. The summed E-state index contributed by atoms with van der Waals surface area (Å²) in [7, 11) is 1.61. The van der Waals surface area contributed by atoms with Crippen molar-refractivity contribution in [2.75, 3.05) is 24.3 Å². The van der Waals surface area contributed by atoms with Crippen molar-refractivity contribution in [1.29, 1.82) is 0 Å². The molecule has 0 aliphatic carbocycles. The molecule has 7 heteroatoms. The minimum absolute atomic E-state index is 0.148. The van der Waals surface area contributed by atoms with Gasteiger partial charge in [-0.05, 0) is 18.2 Å². The maximum atomic E-state index is 12.2. The quantitative estimate of drug-likeness (QED) is 0.466. The van der Waals surface area contributed by atoms with Crippen molar-refractivity contribution in [1.82, 2.24) is 9.97 Å². The van der Waals surface area contributed by atoms with Crippen LogP contribution in [0.3, 0.4) is 0 Å². The molecule has 0 bridgehead atoms. The topological polar surface area (TPSA) is 79.0 Å². The highest BCUT2D eigenvalue weighted by atomic mass is 32.1. The van der Waals surface area contributed by atoms with E-state index in [0.29, 0.717) is 5.13 Å². The van der Waals surface area contributed by atoms with Gasteiger partial charge in [-0.2, -0.15) is 0 Å². The summed E-state index contributed by atoms with van der Waals surface area (Å²) in [6.45, 7) is 0.148. The van der Waals surface area contributed by atoms with Gasteiger partial charge < -0.3 is 20.4 Å². The Kier molecular flexibility index (Phi) is 4.76. The SMILES string of the molecule is COc1cccc(NCC(=O)Nc2nc(-c3c[nH]c4ccccc34)cs2)c1. The molecule has 0 saturated heterocycles. The molecule has 2 aromatic heterocycles. The van der Waals surface area contributed by atoms with Crippen LogP contribution in [-0.4, -0.2) is 29.5 Å². The second-order valence-electron chi connectivity index (χ2n) is 5.92. The molecule has 0 aliphatic heterocycles. The van der Waals surface area contributed by atoms with Crippen molar-refractivity contribution in [3.63, 3.8) is 0 Å². The van der Waals surface area contributed by atoms with E-state index in [9.17, 15) is 4.79 Å². The second-order valence-corrected chi connectivity index (χ2v) is 6.78. The minimum Gasteiger partial charge on any atom is -0.497 e. The predicted octanol–water partition coefficient (Wildman–Crippen LogP) is 4.35. The Hall–Kier alpha value is -3.32. The predicted molar refractivity (Wildman–Crippen MR) is 110 cm³/mol. The number of carbonyl (C=O) groups excluding carboxylic acids is 1. The molecule has 136 valence electrons. The van der Waals surface area contributed by atoms with Gasteiger partial charge in [-0.1, -0.05) is 24.3 Å². The van der Waals surface area contributed by atoms with Gasteiger partial charge in [-0.3, -0.25) is 4.79 Å². The number of para-hydroxylation sites is 1. The van der Waals surface area contributed by atoms with E-state index in [1.165, 1.54) is 11.3 Å². The first-order valence-corrected chi connectivity index (χ1v) is 9.31. The van der Waals surface area contributed by atoms with Crippen LogP contribution in [0.5, 0.6) is 5.75 Å². The fourth-order valence-electron chi connectivity index (χ4n) is 2.82. The number of hydrogen-bond donors (Lipinski definition) is 3. The Bertz CT molecular complexity index is 1090. The summed E-state index contributed by atoms with van der Waals surface area (Å²) < 4.78 is 5.17. The number of anilines is 2. The number of amides is 1. The maximum Gasteiger partial charge on any atom is 0.245 e. The molecule has 1 amide bonds. The molecule has 4 aromatic rings. The lowest BCUT2D eigenvalue weighted by Gasteiger charge is -2.07. The van der Waals surface area contributed by atoms with E-state index >= 15 is 0 Å². The number of benzene rings is 2. The summed E-state index contributed by atoms with van der Waals surface area (Å²) in [6, 6.07) is 15.5. The number of nitrogens with zero attached hydrogens (tertiary/aromatic N) is 1. The van der Waals surface area contributed by atoms with Crippen LogP contribution in [0.1, 0.15) is 0 Å². The molecule has 0 fully saturated rings. The summed E-state index contributed by atoms with van der Waals surface area (Å²) in [4.78, 5) is 20.0. The number of fused-ring (bicyclic) bond motifs is 1. The van der Waals surface area contributed by atoms with Crippen LogP contribution < -0.4 is 15.4 Å². The van der Waals surface area contributed by atoms with Gasteiger partial charge in [0.25, 0.3) is 0 Å². The third kappa shape index (κ3) is 3.78. The van der Waals surface area contributed by atoms with Crippen LogP contribution in [0.25, 0.3) is 22.2 Å². The minimum atomic E-state index is -0.155. The summed E-state index contributed by atoms with van der Waals surface area (Å²) >= 11 is 1.41. The lowest BCUT2D eigenvalue weighted by atomic mass is 10.1. The molecule has 0 saturated carbocycles. The molecular formula is C20H18N4O2S. The largest absolute Gasteiger partial charge is 0.497 e. The summed E-state index contributed by atoms with van der Waals surface area (Å²) in [5.74, 6) is 0.585. The van der Waals surface area contributed by atoms with E-state index in [0.717, 1.165) is 33.6 Å². The zero-order chi connectivity index (χ0) is 18.6. The highest BCUT2D eigenvalue weighted by Gasteiger charge is 2.11. The third-order valence-electron chi connectivity index (χ3n) is 4.14. The van der Waals surface area contributed by atoms with E-state index in [-0.39, 0.29) is 12.5 Å². The van der Waals surface area contributed by atoms with Crippen LogP contribution in [0.2, 0.25) is 0 Å². The van der Waals surface area contributed by atoms with Crippen molar-refractivity contribution in [3.05, 3.63) is 60.1 Å². The zero-order valence-corrected chi connectivity index (χ0v) is 15.5. The van der Waals surface area contributed by atoms with Gasteiger partial charge in [0.05, 0.1) is 19.3 Å². The Balaban J connectivity index is 1.41. The number of rotatable bonds is 6. The lowest BCUT2D eigenvalue weighted by Crippen LogP contribution is -2.21. The van der Waals surface area contributed by atoms with E-state index in [1.807, 2.05) is 54.0 Å². The molecule has 0 atom stereocenters. The number of hydrogen-bond acceptors (Lipinski definition) is 5. The average Bonchev–Trinajstić information content (AvgIpc) is 3.33. The number of aromatic nitrogens is 2. The first kappa shape index (κ1) is 17.1. The van der Waals surface area contributed by atoms with Gasteiger partial charge >= 0.3 is 0 Å². The molecule has 0 aliphatic rings. The zero-order valence-electron chi connectivity index (χ0n) is 14.7. The van der Waals surface area contributed by atoms with E-state index in [1.54, 1.807) is 7.11 Å². The summed E-state index contributed by atoms with van der Waals surface area (Å²) in [6.07, 6.45) is 1.94. The normalized spacial score (nSPS) is 10.7. The van der Waals surface area contributed by atoms with Crippen molar-refractivity contribution < 1.29 is 9.53 Å². The number of H-pyrrole nitrogens is 1. The van der Waals surface area contributed by atoms with Crippen molar-refractivity contribution in [2.24, 2.45) is 0 Å². The van der Waals surface area contributed by atoms with Gasteiger partial charge in [0.1, 0.15) is 5.75 Å². The molecule has 6 nitrogen and oxygen atoms in total. The van der Waals surface area contributed by atoms with Crippen LogP contribution in [0, 0.1) is 0 Å². The van der Waals surface area contributed by atoms with Gasteiger partial charge in [0.2, 0.25) is 5.91 Å². The maximum absolute atomic E-state index is 12.2. The molecule has 0 unspecified atom stereocenters. The number of aromatic amines is 1. The van der Waals surface area contributed by atoms with Crippen LogP contribution in [0.4, 0.5) is 10.8 Å². The molecule has 2 heterocycles. The monoisotopic (exact) mass is 378 g/mol. The summed E-state index contributed by atoms with van der Waals surface area (Å²) in [5.41, 5.74) is 3.75. The van der Waals surface area contributed by atoms with Crippen molar-refractivity contribution in [3.8, 4) is 17.0 Å². The van der Waals surface area contributed by atoms with Crippen molar-refractivity contribution >= 4 is 39.0 Å². The van der Waals surface area contributed by atoms with E-state index in [4.69, 9.17) is 4.74 Å². The fraction of sp³-hybridized carbons (Fsp3) is 0.100. The van der Waals surface area contributed by atoms with Crippen LogP contribution in [0.15, 0.2) is 60.1 Å². The number of carbonyl (C=O) groups is 1. The first-order valence-electron chi connectivity index (χ1n) is 8.43. The number of ether oxygens (including phenoxy) is 1. The number of thiazole rings is 1. The van der Waals surface area contributed by atoms with Gasteiger partial charge in [0, 0.05) is 39.8 Å². The van der Waals surface area contributed by atoms with Gasteiger partial charge in [0.15, 0.2) is 5.13 Å². The van der Waals surface area contributed by atoms with Gasteiger partial charge in [-0.15, -0.1) is 11.3 Å². The Morgan fingerprint density at radius 3 is 3.00 bits per heavy atom. The molecule has 0 spiro atoms. The Morgan fingerprint density at radius 2 is 2.11 bits per heavy atom. The van der Waals surface area contributed by atoms with Crippen molar-refractivity contribution in [2.45, 2.75) is 0 Å². The number of methoxy groups -OCH3 is 1. The smallest absolute Gasteiger partial charge is 0.245 e. The van der Waals surface area contributed by atoms with E-state index in [2.05, 4.69) is 26.7 Å². The Labute approximate surface area is 160 Å². The molecule has 27 heavy (non-hydrogen) atoms. The lowest BCUT2D eigenvalue weighted by molar-refractivity contribution is -0.114. The molecule has 2 aromatic carbocycles. The van der Waals surface area contributed by atoms with Gasteiger partial charge in [-0.25, -0.2) is 4.98 Å². The highest BCUT2D eigenvalue weighted by molar-refractivity contribution is 7.14. The molecule has 0 radical (unpaired) electrons. The fourth-order valence-corrected chi connectivity index (χ4v) is 3.54. The average molecular weight is 378 g/mol. The highest BCUT2D eigenvalue weighted by Crippen LogP contribution is 2.30. The molecular weight excluding hydrogens is 360 g/mol. The standard InChI is InChI=1S/C20H18N4O2S/c1-26-14-6-4-5-13(9-14)21-11-19(25)24-20-23-18(12-27-20)16-10-22-17-8-3-2-7-15(16)17/h2-10,12,21-22H,11H2,1H3,(H,23,24,25).